The molecule has 0 atom stereocenters. The molecule has 1 heterocycles. The molecule has 29 heavy (non-hydrogen) atoms. The fourth-order valence-corrected chi connectivity index (χ4v) is 4.04. The summed E-state index contributed by atoms with van der Waals surface area (Å²) < 4.78 is 16.6. The number of ether oxygens (including phenoxy) is 3. The summed E-state index contributed by atoms with van der Waals surface area (Å²) in [7, 11) is 5.36. The summed E-state index contributed by atoms with van der Waals surface area (Å²) in [5.74, 6) is 1.99. The number of para-hydroxylation sites is 1. The van der Waals surface area contributed by atoms with E-state index in [0.717, 1.165) is 63.8 Å². The maximum atomic E-state index is 5.97. The molecule has 1 aliphatic heterocycles. The second-order valence-electron chi connectivity index (χ2n) is 7.78. The molecule has 7 heteroatoms. The second kappa shape index (κ2) is 12.0. The summed E-state index contributed by atoms with van der Waals surface area (Å²) in [6.45, 7) is 4.41. The van der Waals surface area contributed by atoms with Crippen LogP contribution in [0.15, 0.2) is 29.3 Å². The number of nitrogens with one attached hydrogen (secondary N) is 1. The van der Waals surface area contributed by atoms with Crippen LogP contribution in [0.5, 0.6) is 5.75 Å². The van der Waals surface area contributed by atoms with Gasteiger partial charge in [-0.15, -0.1) is 24.0 Å². The van der Waals surface area contributed by atoms with Crippen molar-refractivity contribution < 1.29 is 14.2 Å². The number of piperidine rings is 1. The minimum atomic E-state index is 0. The van der Waals surface area contributed by atoms with E-state index in [4.69, 9.17) is 14.2 Å². The van der Waals surface area contributed by atoms with E-state index in [0.29, 0.717) is 6.10 Å². The Kier molecular flexibility index (Phi) is 9.98. The van der Waals surface area contributed by atoms with Crippen molar-refractivity contribution in [3.63, 3.8) is 0 Å². The molecular weight excluding hydrogens is 481 g/mol. The Balaban J connectivity index is 0.00000300. The lowest BCUT2D eigenvalue weighted by molar-refractivity contribution is 0.00989. The van der Waals surface area contributed by atoms with Crippen molar-refractivity contribution in [3.05, 3.63) is 29.8 Å². The third kappa shape index (κ3) is 6.46. The topological polar surface area (TPSA) is 55.3 Å². The Labute approximate surface area is 192 Å². The van der Waals surface area contributed by atoms with Crippen LogP contribution in [-0.2, 0) is 14.9 Å². The molecular formula is C22H36IN3O3. The zero-order valence-electron chi connectivity index (χ0n) is 18.0. The minimum absolute atomic E-state index is 0. The van der Waals surface area contributed by atoms with E-state index in [1.54, 1.807) is 14.2 Å². The predicted octanol–water partition coefficient (Wildman–Crippen LogP) is 3.44. The lowest BCUT2D eigenvalue weighted by Gasteiger charge is -2.34. The Morgan fingerprint density at radius 3 is 2.52 bits per heavy atom. The standard InChI is InChI=1S/C22H35N3O3.HI/c1-23-21(25-13-9-18(10-14-25)28-16-6-15-26-2)24-17-22(11-12-22)19-7-4-5-8-20(19)27-3;/h4-5,7-8,18H,6,9-17H2,1-3H3,(H,23,24);1H. The van der Waals surface area contributed by atoms with Gasteiger partial charge in [0.05, 0.1) is 13.2 Å². The van der Waals surface area contributed by atoms with Crippen LogP contribution in [-0.4, -0.2) is 71.1 Å². The quantitative estimate of drug-likeness (QED) is 0.236. The minimum Gasteiger partial charge on any atom is -0.496 e. The molecule has 0 bridgehead atoms. The average molecular weight is 517 g/mol. The predicted molar refractivity (Wildman–Crippen MR) is 128 cm³/mol. The largest absolute Gasteiger partial charge is 0.496 e. The lowest BCUT2D eigenvalue weighted by Crippen LogP contribution is -2.48. The number of likely N-dealkylation sites (tertiary alicyclic amines) is 1. The lowest BCUT2D eigenvalue weighted by atomic mass is 9.95. The molecule has 2 aliphatic rings. The Bertz CT molecular complexity index is 644. The maximum absolute atomic E-state index is 5.97. The summed E-state index contributed by atoms with van der Waals surface area (Å²) >= 11 is 0. The highest BCUT2D eigenvalue weighted by Gasteiger charge is 2.46. The first kappa shape index (κ1) is 24.2. The van der Waals surface area contributed by atoms with E-state index in [2.05, 4.69) is 33.4 Å². The zero-order valence-corrected chi connectivity index (χ0v) is 20.3. The van der Waals surface area contributed by atoms with E-state index in [-0.39, 0.29) is 29.4 Å². The highest BCUT2D eigenvalue weighted by molar-refractivity contribution is 14.0. The van der Waals surface area contributed by atoms with Crippen LogP contribution in [0, 0.1) is 0 Å². The number of rotatable bonds is 9. The molecule has 0 radical (unpaired) electrons. The molecule has 1 saturated carbocycles. The van der Waals surface area contributed by atoms with Crippen molar-refractivity contribution in [2.24, 2.45) is 4.99 Å². The number of halogens is 1. The van der Waals surface area contributed by atoms with Crippen LogP contribution >= 0.6 is 24.0 Å². The van der Waals surface area contributed by atoms with Crippen LogP contribution in [0.4, 0.5) is 0 Å². The van der Waals surface area contributed by atoms with Crippen molar-refractivity contribution in [1.82, 2.24) is 10.2 Å². The molecule has 164 valence electrons. The molecule has 0 spiro atoms. The van der Waals surface area contributed by atoms with Gasteiger partial charge in [0.2, 0.25) is 0 Å². The molecule has 6 nitrogen and oxygen atoms in total. The first-order chi connectivity index (χ1) is 13.7. The van der Waals surface area contributed by atoms with Crippen molar-refractivity contribution in [2.75, 3.05) is 54.1 Å². The second-order valence-corrected chi connectivity index (χ2v) is 7.78. The van der Waals surface area contributed by atoms with Crippen LogP contribution in [0.3, 0.4) is 0 Å². The van der Waals surface area contributed by atoms with Gasteiger partial charge in [0, 0.05) is 58.0 Å². The first-order valence-corrected chi connectivity index (χ1v) is 10.4. The molecule has 0 amide bonds. The number of nitrogens with zero attached hydrogens (tertiary/aromatic N) is 2. The molecule has 1 aliphatic carbocycles. The number of guanidine groups is 1. The molecule has 1 N–H and O–H groups in total. The highest BCUT2D eigenvalue weighted by atomic mass is 127. The molecule has 3 rings (SSSR count). The third-order valence-corrected chi connectivity index (χ3v) is 5.92. The van der Waals surface area contributed by atoms with Gasteiger partial charge in [0.15, 0.2) is 5.96 Å². The molecule has 2 fully saturated rings. The van der Waals surface area contributed by atoms with Gasteiger partial charge in [-0.05, 0) is 38.2 Å². The normalized spacial score (nSPS) is 18.9. The van der Waals surface area contributed by atoms with Gasteiger partial charge in [0.25, 0.3) is 0 Å². The summed E-state index contributed by atoms with van der Waals surface area (Å²) in [5, 5.41) is 3.63. The van der Waals surface area contributed by atoms with Crippen LogP contribution in [0.1, 0.15) is 37.7 Å². The summed E-state index contributed by atoms with van der Waals surface area (Å²) in [4.78, 5) is 6.89. The van der Waals surface area contributed by atoms with Gasteiger partial charge >= 0.3 is 0 Å². The zero-order chi connectivity index (χ0) is 19.8. The van der Waals surface area contributed by atoms with E-state index in [9.17, 15) is 0 Å². The maximum Gasteiger partial charge on any atom is 0.193 e. The molecule has 1 aromatic carbocycles. The van der Waals surface area contributed by atoms with E-state index < -0.39 is 0 Å². The van der Waals surface area contributed by atoms with Gasteiger partial charge in [-0.3, -0.25) is 4.99 Å². The number of benzene rings is 1. The number of hydrogen-bond acceptors (Lipinski definition) is 4. The van der Waals surface area contributed by atoms with Crippen LogP contribution < -0.4 is 10.1 Å². The van der Waals surface area contributed by atoms with Gasteiger partial charge in [-0.1, -0.05) is 18.2 Å². The first-order valence-electron chi connectivity index (χ1n) is 10.4. The fraction of sp³-hybridized carbons (Fsp3) is 0.682. The smallest absolute Gasteiger partial charge is 0.193 e. The average Bonchev–Trinajstić information content (AvgIpc) is 3.53. The number of aliphatic imine (C=N–C) groups is 1. The Morgan fingerprint density at radius 1 is 1.17 bits per heavy atom. The summed E-state index contributed by atoms with van der Waals surface area (Å²) in [6, 6.07) is 8.39. The molecule has 0 unspecified atom stereocenters. The summed E-state index contributed by atoms with van der Waals surface area (Å²) in [6.07, 6.45) is 5.79. The van der Waals surface area contributed by atoms with Gasteiger partial charge in [-0.2, -0.15) is 0 Å². The van der Waals surface area contributed by atoms with E-state index in [1.807, 2.05) is 13.1 Å². The van der Waals surface area contributed by atoms with Gasteiger partial charge in [-0.25, -0.2) is 0 Å². The van der Waals surface area contributed by atoms with Gasteiger partial charge < -0.3 is 24.4 Å². The molecule has 1 aromatic rings. The van der Waals surface area contributed by atoms with Crippen molar-refractivity contribution in [1.29, 1.82) is 0 Å². The number of hydrogen-bond donors (Lipinski definition) is 1. The van der Waals surface area contributed by atoms with Crippen molar-refractivity contribution in [3.8, 4) is 5.75 Å². The van der Waals surface area contributed by atoms with Gasteiger partial charge in [0.1, 0.15) is 5.75 Å². The van der Waals surface area contributed by atoms with Crippen molar-refractivity contribution >= 4 is 29.9 Å². The van der Waals surface area contributed by atoms with Crippen molar-refractivity contribution in [2.45, 2.75) is 43.6 Å². The third-order valence-electron chi connectivity index (χ3n) is 5.92. The Morgan fingerprint density at radius 2 is 1.90 bits per heavy atom. The van der Waals surface area contributed by atoms with Crippen LogP contribution in [0.25, 0.3) is 0 Å². The van der Waals surface area contributed by atoms with E-state index in [1.165, 1.54) is 18.4 Å². The fourth-order valence-electron chi connectivity index (χ4n) is 4.04. The number of methoxy groups -OCH3 is 2. The van der Waals surface area contributed by atoms with E-state index >= 15 is 0 Å². The molecule has 1 saturated heterocycles. The monoisotopic (exact) mass is 517 g/mol. The SMILES string of the molecule is CN=C(NCC1(c2ccccc2OC)CC1)N1CCC(OCCCOC)CC1.I. The molecule has 0 aromatic heterocycles. The van der Waals surface area contributed by atoms with Crippen LogP contribution in [0.2, 0.25) is 0 Å². The highest BCUT2D eigenvalue weighted by Crippen LogP contribution is 2.50. The summed E-state index contributed by atoms with van der Waals surface area (Å²) in [5.41, 5.74) is 1.48. The Hall–Kier alpha value is -1.06.